The number of para-hydroxylation sites is 3. The molecule has 0 aliphatic carbocycles. The Bertz CT molecular complexity index is 1310. The Kier molecular flexibility index (Phi) is 8.12. The molecule has 1 amide bonds. The zero-order chi connectivity index (χ0) is 24.5. The van der Waals surface area contributed by atoms with Gasteiger partial charge in [-0.2, -0.15) is 0 Å². The molecule has 0 radical (unpaired) electrons. The first-order valence-corrected chi connectivity index (χ1v) is 12.0. The first kappa shape index (κ1) is 24.0. The second-order valence-corrected chi connectivity index (χ2v) is 8.39. The Hall–Kier alpha value is -4.12. The smallest absolute Gasteiger partial charge is 0.244 e. The molecule has 0 fully saturated rings. The van der Waals surface area contributed by atoms with Crippen LogP contribution in [0, 0.1) is 0 Å². The standard InChI is InChI=1S/C30H31N3O2/c1-3-12-25-15-7-10-18-28(25)35-22-11-21-33-27-17-9-8-16-26(27)32-30(33)23(2)31-29(34)20-19-24-13-5-4-6-14-24/h3-10,13-20,23H,1,11-12,21-22H2,2H3,(H,31,34)/b20-19-. The van der Waals surface area contributed by atoms with Crippen molar-refractivity contribution in [2.45, 2.75) is 32.4 Å². The van der Waals surface area contributed by atoms with E-state index < -0.39 is 0 Å². The van der Waals surface area contributed by atoms with Crippen LogP contribution in [-0.2, 0) is 17.8 Å². The summed E-state index contributed by atoms with van der Waals surface area (Å²) in [4.78, 5) is 17.4. The highest BCUT2D eigenvalue weighted by molar-refractivity contribution is 5.92. The van der Waals surface area contributed by atoms with E-state index in [1.54, 1.807) is 6.08 Å². The predicted molar refractivity (Wildman–Crippen MR) is 142 cm³/mol. The van der Waals surface area contributed by atoms with Crippen LogP contribution in [0.2, 0.25) is 0 Å². The Morgan fingerprint density at radius 1 is 1.06 bits per heavy atom. The number of hydrogen-bond donors (Lipinski definition) is 1. The third-order valence-electron chi connectivity index (χ3n) is 5.78. The summed E-state index contributed by atoms with van der Waals surface area (Å²) in [6.45, 7) is 7.12. The van der Waals surface area contributed by atoms with Gasteiger partial charge in [-0.3, -0.25) is 4.79 Å². The predicted octanol–water partition coefficient (Wildman–Crippen LogP) is 6.12. The zero-order valence-electron chi connectivity index (χ0n) is 20.1. The Balaban J connectivity index is 1.43. The fourth-order valence-electron chi connectivity index (χ4n) is 4.10. The van der Waals surface area contributed by atoms with Crippen molar-refractivity contribution in [1.29, 1.82) is 0 Å². The molecule has 178 valence electrons. The molecule has 0 aliphatic rings. The molecule has 1 atom stereocenters. The summed E-state index contributed by atoms with van der Waals surface area (Å²) in [6.07, 6.45) is 6.85. The Morgan fingerprint density at radius 3 is 2.63 bits per heavy atom. The number of allylic oxidation sites excluding steroid dienone is 1. The van der Waals surface area contributed by atoms with Crippen LogP contribution in [0.1, 0.15) is 36.3 Å². The molecule has 0 saturated heterocycles. The molecule has 0 bridgehead atoms. The average Bonchev–Trinajstić information content (AvgIpc) is 3.26. The van der Waals surface area contributed by atoms with E-state index in [1.165, 1.54) is 0 Å². The van der Waals surface area contributed by atoms with Gasteiger partial charge in [-0.25, -0.2) is 4.98 Å². The maximum absolute atomic E-state index is 12.6. The number of rotatable bonds is 11. The monoisotopic (exact) mass is 465 g/mol. The first-order chi connectivity index (χ1) is 17.2. The molecule has 35 heavy (non-hydrogen) atoms. The fourth-order valence-corrected chi connectivity index (χ4v) is 4.10. The van der Waals surface area contributed by atoms with E-state index in [4.69, 9.17) is 9.72 Å². The minimum atomic E-state index is -0.246. The third-order valence-corrected chi connectivity index (χ3v) is 5.78. The van der Waals surface area contributed by atoms with Crippen molar-refractivity contribution in [2.24, 2.45) is 0 Å². The molecule has 1 unspecified atom stereocenters. The molecule has 5 nitrogen and oxygen atoms in total. The average molecular weight is 466 g/mol. The highest BCUT2D eigenvalue weighted by Gasteiger charge is 2.17. The molecule has 0 aliphatic heterocycles. The summed E-state index contributed by atoms with van der Waals surface area (Å²) < 4.78 is 8.26. The number of benzene rings is 3. The second kappa shape index (κ2) is 11.8. The molecule has 0 spiro atoms. The largest absolute Gasteiger partial charge is 0.493 e. The van der Waals surface area contributed by atoms with Gasteiger partial charge in [-0.05, 0) is 55.2 Å². The summed E-state index contributed by atoms with van der Waals surface area (Å²) >= 11 is 0. The fraction of sp³-hybridized carbons (Fsp3) is 0.200. The zero-order valence-corrected chi connectivity index (χ0v) is 20.1. The molecule has 4 rings (SSSR count). The maximum Gasteiger partial charge on any atom is 0.244 e. The van der Waals surface area contributed by atoms with Gasteiger partial charge in [-0.15, -0.1) is 6.58 Å². The van der Waals surface area contributed by atoms with Crippen molar-refractivity contribution in [3.63, 3.8) is 0 Å². The van der Waals surface area contributed by atoms with Gasteiger partial charge in [0.25, 0.3) is 0 Å². The van der Waals surface area contributed by atoms with E-state index in [-0.39, 0.29) is 11.9 Å². The molecule has 1 aromatic heterocycles. The van der Waals surface area contributed by atoms with Gasteiger partial charge in [0.2, 0.25) is 5.91 Å². The van der Waals surface area contributed by atoms with Gasteiger partial charge in [0.1, 0.15) is 11.6 Å². The summed E-state index contributed by atoms with van der Waals surface area (Å²) in [5.41, 5.74) is 4.09. The van der Waals surface area contributed by atoms with Crippen molar-refractivity contribution in [3.05, 3.63) is 115 Å². The highest BCUT2D eigenvalue weighted by atomic mass is 16.5. The number of nitrogens with zero attached hydrogens (tertiary/aromatic N) is 2. The van der Waals surface area contributed by atoms with Gasteiger partial charge in [0.05, 0.1) is 23.7 Å². The minimum absolute atomic E-state index is 0.151. The molecule has 4 aromatic rings. The van der Waals surface area contributed by atoms with Gasteiger partial charge >= 0.3 is 0 Å². The quantitative estimate of drug-likeness (QED) is 0.165. The number of carbonyl (C=O) groups is 1. The second-order valence-electron chi connectivity index (χ2n) is 8.39. The lowest BCUT2D eigenvalue weighted by molar-refractivity contribution is -0.117. The molecule has 5 heteroatoms. The molecule has 3 aromatic carbocycles. The summed E-state index contributed by atoms with van der Waals surface area (Å²) in [7, 11) is 0. The number of amides is 1. The lowest BCUT2D eigenvalue weighted by atomic mass is 10.1. The van der Waals surface area contributed by atoms with Gasteiger partial charge in [-0.1, -0.05) is 66.7 Å². The lowest BCUT2D eigenvalue weighted by Gasteiger charge is -2.16. The Labute approximate surface area is 206 Å². The number of imidazole rings is 1. The molecule has 1 heterocycles. The van der Waals surface area contributed by atoms with Crippen LogP contribution in [0.3, 0.4) is 0 Å². The normalized spacial score (nSPS) is 12.0. The SMILES string of the molecule is C=CCc1ccccc1OCCCn1c(C(C)NC(=O)/C=C\c2ccccc2)nc2ccccc21. The van der Waals surface area contributed by atoms with Crippen LogP contribution < -0.4 is 10.1 Å². The number of ether oxygens (including phenoxy) is 1. The number of fused-ring (bicyclic) bond motifs is 1. The number of hydrogen-bond acceptors (Lipinski definition) is 3. The number of nitrogens with one attached hydrogen (secondary N) is 1. The van der Waals surface area contributed by atoms with Crippen molar-refractivity contribution in [1.82, 2.24) is 14.9 Å². The summed E-state index contributed by atoms with van der Waals surface area (Å²) in [6, 6.07) is 25.7. The summed E-state index contributed by atoms with van der Waals surface area (Å²) in [5, 5.41) is 3.06. The molecule has 1 N–H and O–H groups in total. The van der Waals surface area contributed by atoms with Gasteiger partial charge in [0.15, 0.2) is 0 Å². The van der Waals surface area contributed by atoms with Crippen LogP contribution in [0.4, 0.5) is 0 Å². The Morgan fingerprint density at radius 2 is 1.80 bits per heavy atom. The van der Waals surface area contributed by atoms with E-state index in [9.17, 15) is 4.79 Å². The topological polar surface area (TPSA) is 56.1 Å². The van der Waals surface area contributed by atoms with Crippen molar-refractivity contribution < 1.29 is 9.53 Å². The van der Waals surface area contributed by atoms with Gasteiger partial charge in [0, 0.05) is 12.6 Å². The maximum atomic E-state index is 12.6. The molecule has 0 saturated carbocycles. The van der Waals surface area contributed by atoms with Crippen molar-refractivity contribution in [2.75, 3.05) is 6.61 Å². The van der Waals surface area contributed by atoms with Crippen LogP contribution in [0.15, 0.2) is 97.6 Å². The lowest BCUT2D eigenvalue weighted by Crippen LogP contribution is -2.27. The molecular formula is C30H31N3O2. The van der Waals surface area contributed by atoms with Crippen molar-refractivity contribution in [3.8, 4) is 5.75 Å². The van der Waals surface area contributed by atoms with E-state index in [1.807, 2.05) is 85.8 Å². The van der Waals surface area contributed by atoms with E-state index in [2.05, 4.69) is 28.6 Å². The van der Waals surface area contributed by atoms with E-state index in [0.29, 0.717) is 6.61 Å². The first-order valence-electron chi connectivity index (χ1n) is 12.0. The van der Waals surface area contributed by atoms with Gasteiger partial charge < -0.3 is 14.6 Å². The van der Waals surface area contributed by atoms with E-state index in [0.717, 1.165) is 53.1 Å². The number of carbonyl (C=O) groups excluding carboxylic acids is 1. The third kappa shape index (κ3) is 6.27. The number of aryl methyl sites for hydroxylation is 1. The van der Waals surface area contributed by atoms with Crippen LogP contribution in [0.5, 0.6) is 5.75 Å². The van der Waals surface area contributed by atoms with Crippen LogP contribution >= 0.6 is 0 Å². The van der Waals surface area contributed by atoms with Crippen LogP contribution in [0.25, 0.3) is 17.1 Å². The van der Waals surface area contributed by atoms with Crippen molar-refractivity contribution >= 4 is 23.0 Å². The van der Waals surface area contributed by atoms with E-state index >= 15 is 0 Å². The highest BCUT2D eigenvalue weighted by Crippen LogP contribution is 2.22. The van der Waals surface area contributed by atoms with Crippen LogP contribution in [-0.4, -0.2) is 22.1 Å². The number of aromatic nitrogens is 2. The minimum Gasteiger partial charge on any atom is -0.493 e. The molecular weight excluding hydrogens is 434 g/mol. The summed E-state index contributed by atoms with van der Waals surface area (Å²) in [5.74, 6) is 1.58.